The lowest BCUT2D eigenvalue weighted by Crippen LogP contribution is -2.41. The van der Waals surface area contributed by atoms with Crippen LogP contribution in [0.2, 0.25) is 0 Å². The number of carbonyl (C=O) groups excluding carboxylic acids is 1. The molecule has 0 aliphatic carbocycles. The monoisotopic (exact) mass is 264 g/mol. The highest BCUT2D eigenvalue weighted by Crippen LogP contribution is 2.15. The molecule has 2 rings (SSSR count). The Morgan fingerprint density at radius 3 is 2.95 bits per heavy atom. The van der Waals surface area contributed by atoms with Crippen molar-refractivity contribution in [1.29, 1.82) is 0 Å². The maximum atomic E-state index is 14.0. The largest absolute Gasteiger partial charge is 0.337 e. The van der Waals surface area contributed by atoms with Crippen LogP contribution in [0.1, 0.15) is 35.7 Å². The molecule has 1 amide bonds. The standard InChI is InChI=1S/C15H21FN2O/c1-3-18(10-12-7-5-9-17-12)15(19)13-8-4-6-11(2)14(13)16/h4,6,8,12,17H,3,5,7,9-10H2,1-2H3. The Balaban J connectivity index is 2.13. The third-order valence-corrected chi connectivity index (χ3v) is 3.69. The van der Waals surface area contributed by atoms with E-state index in [0.29, 0.717) is 24.7 Å². The van der Waals surface area contributed by atoms with E-state index in [0.717, 1.165) is 19.4 Å². The number of hydrogen-bond donors (Lipinski definition) is 1. The lowest BCUT2D eigenvalue weighted by Gasteiger charge is -2.25. The molecule has 0 spiro atoms. The fraction of sp³-hybridized carbons (Fsp3) is 0.533. The predicted octanol–water partition coefficient (Wildman–Crippen LogP) is 2.35. The molecular formula is C15H21FN2O. The summed E-state index contributed by atoms with van der Waals surface area (Å²) in [5.74, 6) is -0.609. The number of rotatable bonds is 4. The van der Waals surface area contributed by atoms with Gasteiger partial charge in [0.15, 0.2) is 0 Å². The van der Waals surface area contributed by atoms with E-state index in [9.17, 15) is 9.18 Å². The number of nitrogens with one attached hydrogen (secondary N) is 1. The Bertz CT molecular complexity index is 455. The summed E-state index contributed by atoms with van der Waals surface area (Å²) in [5, 5.41) is 3.37. The lowest BCUT2D eigenvalue weighted by molar-refractivity contribution is 0.0746. The maximum absolute atomic E-state index is 14.0. The molecule has 1 atom stereocenters. The van der Waals surface area contributed by atoms with E-state index in [1.165, 1.54) is 0 Å². The molecule has 4 heteroatoms. The van der Waals surface area contributed by atoms with Gasteiger partial charge >= 0.3 is 0 Å². The van der Waals surface area contributed by atoms with Gasteiger partial charge in [0.2, 0.25) is 0 Å². The number of hydrogen-bond acceptors (Lipinski definition) is 2. The van der Waals surface area contributed by atoms with Crippen molar-refractivity contribution in [1.82, 2.24) is 10.2 Å². The Labute approximate surface area is 113 Å². The molecule has 19 heavy (non-hydrogen) atoms. The minimum Gasteiger partial charge on any atom is -0.337 e. The second kappa shape index (κ2) is 6.15. The molecule has 1 N–H and O–H groups in total. The summed E-state index contributed by atoms with van der Waals surface area (Å²) in [6.07, 6.45) is 2.23. The van der Waals surface area contributed by atoms with Crippen molar-refractivity contribution in [2.24, 2.45) is 0 Å². The van der Waals surface area contributed by atoms with Crippen molar-refractivity contribution < 1.29 is 9.18 Å². The first-order chi connectivity index (χ1) is 9.13. The van der Waals surface area contributed by atoms with Crippen molar-refractivity contribution >= 4 is 5.91 Å². The van der Waals surface area contributed by atoms with E-state index in [1.807, 2.05) is 6.92 Å². The van der Waals surface area contributed by atoms with Gasteiger partial charge in [-0.1, -0.05) is 12.1 Å². The molecule has 1 fully saturated rings. The third kappa shape index (κ3) is 3.13. The van der Waals surface area contributed by atoms with Gasteiger partial charge in [-0.05, 0) is 44.9 Å². The highest BCUT2D eigenvalue weighted by Gasteiger charge is 2.23. The van der Waals surface area contributed by atoms with Gasteiger partial charge in [0.25, 0.3) is 5.91 Å². The maximum Gasteiger partial charge on any atom is 0.256 e. The van der Waals surface area contributed by atoms with Crippen LogP contribution in [0.4, 0.5) is 4.39 Å². The molecule has 104 valence electrons. The summed E-state index contributed by atoms with van der Waals surface area (Å²) in [4.78, 5) is 14.1. The Morgan fingerprint density at radius 2 is 2.32 bits per heavy atom. The first-order valence-electron chi connectivity index (χ1n) is 6.91. The van der Waals surface area contributed by atoms with Crippen molar-refractivity contribution in [3.63, 3.8) is 0 Å². The van der Waals surface area contributed by atoms with E-state index in [-0.39, 0.29) is 11.5 Å². The summed E-state index contributed by atoms with van der Waals surface area (Å²) in [5.41, 5.74) is 0.695. The minimum absolute atomic E-state index is 0.180. The zero-order valence-corrected chi connectivity index (χ0v) is 11.6. The zero-order chi connectivity index (χ0) is 13.8. The third-order valence-electron chi connectivity index (χ3n) is 3.69. The molecule has 1 unspecified atom stereocenters. The number of aryl methyl sites for hydroxylation is 1. The molecule has 1 aliphatic rings. The second-order valence-corrected chi connectivity index (χ2v) is 5.07. The summed E-state index contributed by atoms with van der Waals surface area (Å²) < 4.78 is 14.0. The average molecular weight is 264 g/mol. The molecule has 0 saturated carbocycles. The van der Waals surface area contributed by atoms with Crippen LogP contribution in [0.3, 0.4) is 0 Å². The first kappa shape index (κ1) is 14.0. The Hall–Kier alpha value is -1.42. The molecule has 1 heterocycles. The Morgan fingerprint density at radius 1 is 1.53 bits per heavy atom. The summed E-state index contributed by atoms with van der Waals surface area (Å²) in [6, 6.07) is 5.32. The predicted molar refractivity (Wildman–Crippen MR) is 73.7 cm³/mol. The average Bonchev–Trinajstić information content (AvgIpc) is 2.91. The number of carbonyl (C=O) groups is 1. The van der Waals surface area contributed by atoms with E-state index in [4.69, 9.17) is 0 Å². The fourth-order valence-corrected chi connectivity index (χ4v) is 2.52. The molecule has 1 aromatic carbocycles. The summed E-state index contributed by atoms with van der Waals surface area (Å²) in [6.45, 7) is 5.88. The number of benzene rings is 1. The van der Waals surface area contributed by atoms with Gasteiger partial charge < -0.3 is 10.2 Å². The Kier molecular flexibility index (Phi) is 4.53. The van der Waals surface area contributed by atoms with Gasteiger partial charge in [0.05, 0.1) is 5.56 Å². The molecule has 1 saturated heterocycles. The van der Waals surface area contributed by atoms with Crippen LogP contribution >= 0.6 is 0 Å². The van der Waals surface area contributed by atoms with Crippen LogP contribution in [0, 0.1) is 12.7 Å². The lowest BCUT2D eigenvalue weighted by atomic mass is 10.1. The van der Waals surface area contributed by atoms with Crippen LogP contribution in [-0.4, -0.2) is 36.5 Å². The zero-order valence-electron chi connectivity index (χ0n) is 11.6. The quantitative estimate of drug-likeness (QED) is 0.905. The van der Waals surface area contributed by atoms with Gasteiger partial charge in [-0.15, -0.1) is 0 Å². The molecule has 0 bridgehead atoms. The van der Waals surface area contributed by atoms with E-state index in [2.05, 4.69) is 5.32 Å². The van der Waals surface area contributed by atoms with E-state index in [1.54, 1.807) is 30.0 Å². The highest BCUT2D eigenvalue weighted by atomic mass is 19.1. The molecule has 1 aromatic rings. The molecular weight excluding hydrogens is 243 g/mol. The van der Waals surface area contributed by atoms with Crippen molar-refractivity contribution in [2.45, 2.75) is 32.7 Å². The molecule has 0 aromatic heterocycles. The smallest absolute Gasteiger partial charge is 0.256 e. The van der Waals surface area contributed by atoms with Crippen molar-refractivity contribution in [3.8, 4) is 0 Å². The van der Waals surface area contributed by atoms with Crippen LogP contribution < -0.4 is 5.32 Å². The van der Waals surface area contributed by atoms with E-state index >= 15 is 0 Å². The summed E-state index contributed by atoms with van der Waals surface area (Å²) in [7, 11) is 0. The fourth-order valence-electron chi connectivity index (χ4n) is 2.52. The SMILES string of the molecule is CCN(CC1CCCN1)C(=O)c1cccc(C)c1F. The number of likely N-dealkylation sites (N-methyl/N-ethyl adjacent to an activating group) is 1. The van der Waals surface area contributed by atoms with Gasteiger partial charge in [0, 0.05) is 19.1 Å². The first-order valence-corrected chi connectivity index (χ1v) is 6.91. The van der Waals surface area contributed by atoms with Gasteiger partial charge in [-0.3, -0.25) is 4.79 Å². The van der Waals surface area contributed by atoms with Gasteiger partial charge in [-0.25, -0.2) is 4.39 Å². The minimum atomic E-state index is -0.398. The summed E-state index contributed by atoms with van der Waals surface area (Å²) >= 11 is 0. The number of amides is 1. The number of halogens is 1. The topological polar surface area (TPSA) is 32.3 Å². The molecule has 0 radical (unpaired) electrons. The highest BCUT2D eigenvalue weighted by molar-refractivity contribution is 5.94. The van der Waals surface area contributed by atoms with Gasteiger partial charge in [-0.2, -0.15) is 0 Å². The van der Waals surface area contributed by atoms with Gasteiger partial charge in [0.1, 0.15) is 5.82 Å². The molecule has 1 aliphatic heterocycles. The van der Waals surface area contributed by atoms with Crippen molar-refractivity contribution in [2.75, 3.05) is 19.6 Å². The van der Waals surface area contributed by atoms with Crippen LogP contribution in [0.15, 0.2) is 18.2 Å². The van der Waals surface area contributed by atoms with Crippen LogP contribution in [0.25, 0.3) is 0 Å². The molecule has 3 nitrogen and oxygen atoms in total. The van der Waals surface area contributed by atoms with E-state index < -0.39 is 5.82 Å². The van der Waals surface area contributed by atoms with Crippen molar-refractivity contribution in [3.05, 3.63) is 35.1 Å². The van der Waals surface area contributed by atoms with Crippen LogP contribution in [-0.2, 0) is 0 Å². The van der Waals surface area contributed by atoms with Crippen LogP contribution in [0.5, 0.6) is 0 Å². The normalized spacial score (nSPS) is 18.6. The second-order valence-electron chi connectivity index (χ2n) is 5.07. The number of nitrogens with zero attached hydrogens (tertiary/aromatic N) is 1.